The number of carbonyl (C=O) groups excluding carboxylic acids is 2. The van der Waals surface area contributed by atoms with Gasteiger partial charge < -0.3 is 24.6 Å². The van der Waals surface area contributed by atoms with Crippen LogP contribution in [0.2, 0.25) is 0 Å². The fourth-order valence-corrected chi connectivity index (χ4v) is 6.00. The van der Waals surface area contributed by atoms with E-state index in [1.807, 2.05) is 9.80 Å². The molecule has 2 amide bonds. The van der Waals surface area contributed by atoms with E-state index in [-0.39, 0.29) is 29.8 Å². The predicted molar refractivity (Wildman–Crippen MR) is 145 cm³/mol. The van der Waals surface area contributed by atoms with Gasteiger partial charge in [-0.05, 0) is 44.2 Å². The number of rotatable bonds is 7. The second-order valence-electron chi connectivity index (χ2n) is 10.7. The number of carbonyl (C=O) groups is 2. The molecule has 218 valence electrons. The molecule has 1 N–H and O–H groups in total. The van der Waals surface area contributed by atoms with Crippen molar-refractivity contribution < 1.29 is 27.8 Å². The number of morpholine rings is 1. The molecule has 1 aliphatic carbocycles. The first-order valence-electron chi connectivity index (χ1n) is 14.1. The number of fused-ring (bicyclic) bond motifs is 1. The molecule has 41 heavy (non-hydrogen) atoms. The highest BCUT2D eigenvalue weighted by atomic mass is 19.3. The lowest BCUT2D eigenvalue weighted by molar-refractivity contribution is -0.134. The van der Waals surface area contributed by atoms with Gasteiger partial charge in [0.25, 0.3) is 6.43 Å². The average molecular weight is 570 g/mol. The zero-order chi connectivity index (χ0) is 28.5. The number of nitrogens with one attached hydrogen (secondary N) is 1. The van der Waals surface area contributed by atoms with Crippen LogP contribution in [-0.2, 0) is 14.3 Å². The highest BCUT2D eigenvalue weighted by Crippen LogP contribution is 2.32. The molecule has 3 fully saturated rings. The molecule has 11 nitrogen and oxygen atoms in total. The van der Waals surface area contributed by atoms with Gasteiger partial charge in [-0.15, -0.1) is 0 Å². The number of likely N-dealkylation sites (tertiary alicyclic amines) is 1. The topological polar surface area (TPSA) is 115 Å². The van der Waals surface area contributed by atoms with Crippen molar-refractivity contribution in [3.63, 3.8) is 0 Å². The summed E-state index contributed by atoms with van der Waals surface area (Å²) in [6.45, 7) is 4.23. The van der Waals surface area contributed by atoms with Crippen molar-refractivity contribution in [3.8, 4) is 11.7 Å². The van der Waals surface area contributed by atoms with E-state index in [0.29, 0.717) is 75.0 Å². The highest BCUT2D eigenvalue weighted by molar-refractivity contribution is 5.88. The van der Waals surface area contributed by atoms with Gasteiger partial charge in [-0.1, -0.05) is 12.1 Å². The molecule has 2 aliphatic heterocycles. The molecule has 2 saturated heterocycles. The Bertz CT molecular complexity index is 1420. The van der Waals surface area contributed by atoms with Gasteiger partial charge in [0.1, 0.15) is 18.0 Å². The number of para-hydroxylation sites is 2. The van der Waals surface area contributed by atoms with Crippen molar-refractivity contribution >= 4 is 28.8 Å². The molecule has 3 aliphatic rings. The average Bonchev–Trinajstić information content (AvgIpc) is 3.54. The predicted octanol–water partition coefficient (Wildman–Crippen LogP) is 3.02. The van der Waals surface area contributed by atoms with Crippen molar-refractivity contribution in [3.05, 3.63) is 36.2 Å². The summed E-state index contributed by atoms with van der Waals surface area (Å²) < 4.78 is 41.5. The fraction of sp³-hybridized carbons (Fsp3) is 0.536. The molecule has 6 rings (SSSR count). The first-order chi connectivity index (χ1) is 19.9. The Morgan fingerprint density at radius 2 is 1.80 bits per heavy atom. The van der Waals surface area contributed by atoms with Crippen LogP contribution in [-0.4, -0.2) is 87.3 Å². The smallest absolute Gasteiger partial charge is 0.296 e. The van der Waals surface area contributed by atoms with E-state index in [9.17, 15) is 18.4 Å². The summed E-state index contributed by atoms with van der Waals surface area (Å²) in [6.07, 6.45) is 0.612. The van der Waals surface area contributed by atoms with E-state index in [1.165, 1.54) is 11.5 Å². The van der Waals surface area contributed by atoms with Gasteiger partial charge in [-0.25, -0.2) is 13.8 Å². The van der Waals surface area contributed by atoms with Crippen LogP contribution in [0.15, 0.2) is 30.3 Å². The second-order valence-corrected chi connectivity index (χ2v) is 10.7. The second kappa shape index (κ2) is 11.6. The summed E-state index contributed by atoms with van der Waals surface area (Å²) >= 11 is 0. The Morgan fingerprint density at radius 3 is 2.54 bits per heavy atom. The van der Waals surface area contributed by atoms with Crippen LogP contribution in [0.25, 0.3) is 16.9 Å². The zero-order valence-electron chi connectivity index (χ0n) is 22.8. The lowest BCUT2D eigenvalue weighted by atomic mass is 9.92. The zero-order valence-corrected chi connectivity index (χ0v) is 22.8. The molecule has 1 aromatic carbocycles. The SMILES string of the molecule is CC(=O)N[C@H]1CCN([C@H]2CC[C@H](Oc3cc(-n4c(C(F)F)nc5ccccc54)nc(N4CCOCC4)n3)CC2)C1=O. The maximum Gasteiger partial charge on any atom is 0.296 e. The van der Waals surface area contributed by atoms with E-state index in [0.717, 1.165) is 12.8 Å². The van der Waals surface area contributed by atoms with Gasteiger partial charge in [-0.2, -0.15) is 9.97 Å². The van der Waals surface area contributed by atoms with Crippen molar-refractivity contribution in [2.45, 2.75) is 63.6 Å². The molecule has 1 saturated carbocycles. The van der Waals surface area contributed by atoms with Gasteiger partial charge in [0, 0.05) is 38.7 Å². The van der Waals surface area contributed by atoms with Gasteiger partial charge in [0.05, 0.1) is 24.2 Å². The van der Waals surface area contributed by atoms with E-state index in [1.54, 1.807) is 30.3 Å². The quantitative estimate of drug-likeness (QED) is 0.462. The Kier molecular flexibility index (Phi) is 7.69. The number of halogens is 2. The van der Waals surface area contributed by atoms with Gasteiger partial charge in [0.15, 0.2) is 5.82 Å². The molecule has 13 heteroatoms. The van der Waals surface area contributed by atoms with Crippen LogP contribution in [0.5, 0.6) is 5.88 Å². The monoisotopic (exact) mass is 569 g/mol. The number of imidazole rings is 1. The summed E-state index contributed by atoms with van der Waals surface area (Å²) in [7, 11) is 0. The lowest BCUT2D eigenvalue weighted by Crippen LogP contribution is -2.45. The van der Waals surface area contributed by atoms with Crippen LogP contribution < -0.4 is 15.0 Å². The van der Waals surface area contributed by atoms with Crippen LogP contribution in [0.1, 0.15) is 51.3 Å². The first-order valence-corrected chi connectivity index (χ1v) is 14.1. The molecule has 0 unspecified atom stereocenters. The Balaban J connectivity index is 1.24. The standard InChI is InChI=1S/C28H33F2N7O4/c1-17(38)31-21-10-11-36(27(21)39)18-6-8-19(9-7-18)41-24-16-23(33-28(34-24)35-12-14-40-15-13-35)37-22-5-3-2-4-20(22)32-26(37)25(29)30/h2-5,16,18-19,21,25H,6-15H2,1H3,(H,31,38)/t18-,19-,21-/m0/s1. The molecule has 0 radical (unpaired) electrons. The van der Waals surface area contributed by atoms with Crippen LogP contribution in [0, 0.1) is 0 Å². The number of benzene rings is 1. The Hall–Kier alpha value is -3.87. The maximum absolute atomic E-state index is 14.1. The molecule has 0 spiro atoms. The largest absolute Gasteiger partial charge is 0.474 e. The molecule has 0 bridgehead atoms. The minimum Gasteiger partial charge on any atom is -0.474 e. The number of hydrogen-bond acceptors (Lipinski definition) is 8. The number of hydrogen-bond donors (Lipinski definition) is 1. The number of ether oxygens (including phenoxy) is 2. The normalized spacial score (nSPS) is 23.4. The minimum atomic E-state index is -2.80. The van der Waals surface area contributed by atoms with E-state index < -0.39 is 18.3 Å². The summed E-state index contributed by atoms with van der Waals surface area (Å²) in [6, 6.07) is 8.21. The summed E-state index contributed by atoms with van der Waals surface area (Å²) in [5.41, 5.74) is 0.973. The number of nitrogens with zero attached hydrogens (tertiary/aromatic N) is 6. The van der Waals surface area contributed by atoms with E-state index in [4.69, 9.17) is 9.47 Å². The van der Waals surface area contributed by atoms with Gasteiger partial charge >= 0.3 is 0 Å². The highest BCUT2D eigenvalue weighted by Gasteiger charge is 2.38. The van der Waals surface area contributed by atoms with Gasteiger partial charge in [0.2, 0.25) is 23.6 Å². The minimum absolute atomic E-state index is 0.0254. The first kappa shape index (κ1) is 27.3. The van der Waals surface area contributed by atoms with Crippen molar-refractivity contribution in [2.24, 2.45) is 0 Å². The van der Waals surface area contributed by atoms with Gasteiger partial charge in [-0.3, -0.25) is 14.2 Å². The van der Waals surface area contributed by atoms with Crippen molar-refractivity contribution in [2.75, 3.05) is 37.7 Å². The molecule has 3 aromatic rings. The number of alkyl halides is 2. The molecule has 4 heterocycles. The Morgan fingerprint density at radius 1 is 1.05 bits per heavy atom. The number of anilines is 1. The molecule has 1 atom stereocenters. The van der Waals surface area contributed by atoms with Crippen LogP contribution >= 0.6 is 0 Å². The molecule has 2 aromatic heterocycles. The van der Waals surface area contributed by atoms with Crippen LogP contribution in [0.4, 0.5) is 14.7 Å². The summed E-state index contributed by atoms with van der Waals surface area (Å²) in [5.74, 6) is 0.341. The third-order valence-electron chi connectivity index (χ3n) is 7.97. The fourth-order valence-electron chi connectivity index (χ4n) is 6.00. The Labute approximate surface area is 235 Å². The van der Waals surface area contributed by atoms with Crippen LogP contribution in [0.3, 0.4) is 0 Å². The summed E-state index contributed by atoms with van der Waals surface area (Å²) in [5, 5.41) is 2.74. The number of amides is 2. The van der Waals surface area contributed by atoms with E-state index in [2.05, 4.69) is 20.3 Å². The third-order valence-corrected chi connectivity index (χ3v) is 7.97. The van der Waals surface area contributed by atoms with Crippen molar-refractivity contribution in [1.82, 2.24) is 29.7 Å². The number of aromatic nitrogens is 4. The molecular formula is C28H33F2N7O4. The summed E-state index contributed by atoms with van der Waals surface area (Å²) in [4.78, 5) is 41.6. The lowest BCUT2D eigenvalue weighted by Gasteiger charge is -2.34. The molecular weight excluding hydrogens is 536 g/mol. The third kappa shape index (κ3) is 5.67. The maximum atomic E-state index is 14.1. The van der Waals surface area contributed by atoms with Crippen molar-refractivity contribution in [1.29, 1.82) is 0 Å². The van der Waals surface area contributed by atoms with E-state index >= 15 is 0 Å².